The van der Waals surface area contributed by atoms with Gasteiger partial charge in [-0.05, 0) is 43.1 Å². The third kappa shape index (κ3) is 3.61. The molecule has 2 atom stereocenters. The maximum atomic E-state index is 6.29. The van der Waals surface area contributed by atoms with Gasteiger partial charge in [-0.25, -0.2) is 0 Å². The molecule has 1 saturated heterocycles. The molecule has 0 radical (unpaired) electrons. The third-order valence-corrected chi connectivity index (χ3v) is 4.30. The minimum atomic E-state index is 0.101. The molecule has 0 spiro atoms. The number of ether oxygens (including phenoxy) is 1. The van der Waals surface area contributed by atoms with Crippen molar-refractivity contribution in [1.29, 1.82) is 0 Å². The summed E-state index contributed by atoms with van der Waals surface area (Å²) in [6.07, 6.45) is 2.50. The number of nitrogens with two attached hydrogens (primary N) is 1. The monoisotopic (exact) mass is 302 g/mol. The average Bonchev–Trinajstić information content (AvgIpc) is 2.44. The van der Waals surface area contributed by atoms with E-state index in [1.54, 1.807) is 13.2 Å². The lowest BCUT2D eigenvalue weighted by Gasteiger charge is -2.37. The Morgan fingerprint density at radius 3 is 2.95 bits per heavy atom. The van der Waals surface area contributed by atoms with E-state index in [0.29, 0.717) is 11.6 Å². The first kappa shape index (κ1) is 15.1. The van der Waals surface area contributed by atoms with Crippen LogP contribution in [0.1, 0.15) is 24.4 Å². The van der Waals surface area contributed by atoms with Crippen molar-refractivity contribution < 1.29 is 4.74 Å². The molecule has 1 aliphatic heterocycles. The van der Waals surface area contributed by atoms with Crippen LogP contribution in [0.3, 0.4) is 0 Å². The maximum Gasteiger partial charge on any atom is 0.0698 e. The van der Waals surface area contributed by atoms with Gasteiger partial charge in [0.2, 0.25) is 0 Å². The summed E-state index contributed by atoms with van der Waals surface area (Å²) >= 11 is 12.4. The molecule has 2 unspecified atom stereocenters. The predicted molar refractivity (Wildman–Crippen MR) is 79.9 cm³/mol. The Balaban J connectivity index is 2.21. The van der Waals surface area contributed by atoms with Gasteiger partial charge in [-0.15, -0.1) is 0 Å². The Morgan fingerprint density at radius 2 is 2.26 bits per heavy atom. The van der Waals surface area contributed by atoms with Crippen LogP contribution in [0.4, 0.5) is 0 Å². The van der Waals surface area contributed by atoms with Crippen molar-refractivity contribution in [3.63, 3.8) is 0 Å². The predicted octanol–water partition coefficient (Wildman–Crippen LogP) is 3.10. The van der Waals surface area contributed by atoms with E-state index in [1.807, 2.05) is 12.1 Å². The molecular formula is C14H20Cl2N2O. The lowest BCUT2D eigenvalue weighted by atomic mass is 10.0. The summed E-state index contributed by atoms with van der Waals surface area (Å²) in [5, 5.41) is 1.41. The average molecular weight is 303 g/mol. The van der Waals surface area contributed by atoms with Crippen LogP contribution in [0.25, 0.3) is 0 Å². The highest BCUT2D eigenvalue weighted by Gasteiger charge is 2.27. The van der Waals surface area contributed by atoms with E-state index in [-0.39, 0.29) is 12.1 Å². The highest BCUT2D eigenvalue weighted by Crippen LogP contribution is 2.31. The van der Waals surface area contributed by atoms with Crippen LogP contribution < -0.4 is 5.73 Å². The summed E-state index contributed by atoms with van der Waals surface area (Å²) in [6, 6.07) is 5.65. The normalized spacial score (nSPS) is 22.4. The number of piperidine rings is 1. The van der Waals surface area contributed by atoms with Crippen LogP contribution in [0, 0.1) is 0 Å². The Morgan fingerprint density at radius 1 is 1.47 bits per heavy atom. The van der Waals surface area contributed by atoms with Crippen molar-refractivity contribution in [1.82, 2.24) is 4.90 Å². The number of hydrogen-bond donors (Lipinski definition) is 1. The molecule has 2 rings (SSSR count). The van der Waals surface area contributed by atoms with Gasteiger partial charge in [0.1, 0.15) is 0 Å². The smallest absolute Gasteiger partial charge is 0.0698 e. The van der Waals surface area contributed by atoms with E-state index in [1.165, 1.54) is 0 Å². The van der Waals surface area contributed by atoms with Gasteiger partial charge in [0.05, 0.1) is 6.10 Å². The van der Waals surface area contributed by atoms with Crippen molar-refractivity contribution in [2.75, 3.05) is 26.7 Å². The number of hydrogen-bond acceptors (Lipinski definition) is 3. The number of rotatable bonds is 4. The van der Waals surface area contributed by atoms with Gasteiger partial charge in [-0.1, -0.05) is 23.2 Å². The molecule has 2 N–H and O–H groups in total. The van der Waals surface area contributed by atoms with Crippen LogP contribution in [-0.2, 0) is 4.74 Å². The summed E-state index contributed by atoms with van der Waals surface area (Å²) in [5.41, 5.74) is 6.97. The minimum Gasteiger partial charge on any atom is -0.380 e. The largest absolute Gasteiger partial charge is 0.380 e. The molecule has 0 saturated carbocycles. The molecule has 0 aromatic heterocycles. The van der Waals surface area contributed by atoms with E-state index in [0.717, 1.165) is 36.5 Å². The van der Waals surface area contributed by atoms with Gasteiger partial charge in [0.25, 0.3) is 0 Å². The third-order valence-electron chi connectivity index (χ3n) is 3.72. The molecular weight excluding hydrogens is 283 g/mol. The Bertz CT molecular complexity index is 428. The Kier molecular flexibility index (Phi) is 5.48. The van der Waals surface area contributed by atoms with Gasteiger partial charge in [0.15, 0.2) is 0 Å². The molecule has 0 aliphatic carbocycles. The lowest BCUT2D eigenvalue weighted by Crippen LogP contribution is -2.43. The standard InChI is InChI=1S/C14H20Cl2N2O/c1-19-11-3-2-6-18(9-11)14(8-17)12-7-10(15)4-5-13(12)16/h4-5,7,11,14H,2-3,6,8-9,17H2,1H3. The van der Waals surface area contributed by atoms with Gasteiger partial charge in [-0.2, -0.15) is 0 Å². The summed E-state index contributed by atoms with van der Waals surface area (Å²) < 4.78 is 5.46. The van der Waals surface area contributed by atoms with Gasteiger partial charge in [-0.3, -0.25) is 4.90 Å². The van der Waals surface area contributed by atoms with Crippen molar-refractivity contribution in [2.45, 2.75) is 25.0 Å². The van der Waals surface area contributed by atoms with E-state index in [4.69, 9.17) is 33.7 Å². The first-order valence-corrected chi connectivity index (χ1v) is 7.33. The molecule has 5 heteroatoms. The van der Waals surface area contributed by atoms with Crippen LogP contribution in [0.5, 0.6) is 0 Å². The van der Waals surface area contributed by atoms with Gasteiger partial charge < -0.3 is 10.5 Å². The number of benzene rings is 1. The summed E-state index contributed by atoms with van der Waals surface area (Å²) in [4.78, 5) is 2.34. The molecule has 0 amide bonds. The zero-order valence-corrected chi connectivity index (χ0v) is 12.6. The first-order valence-electron chi connectivity index (χ1n) is 6.57. The van der Waals surface area contributed by atoms with Crippen molar-refractivity contribution in [3.8, 4) is 0 Å². The van der Waals surface area contributed by atoms with Crippen molar-refractivity contribution in [3.05, 3.63) is 33.8 Å². The fourth-order valence-corrected chi connectivity index (χ4v) is 3.11. The number of nitrogens with zero attached hydrogens (tertiary/aromatic N) is 1. The SMILES string of the molecule is COC1CCCN(C(CN)c2cc(Cl)ccc2Cl)C1. The maximum absolute atomic E-state index is 6.29. The molecule has 1 aromatic carbocycles. The van der Waals surface area contributed by atoms with Crippen LogP contribution >= 0.6 is 23.2 Å². The van der Waals surface area contributed by atoms with Gasteiger partial charge >= 0.3 is 0 Å². The molecule has 0 bridgehead atoms. The summed E-state index contributed by atoms with van der Waals surface area (Å²) in [6.45, 7) is 2.43. The molecule has 19 heavy (non-hydrogen) atoms. The summed E-state index contributed by atoms with van der Waals surface area (Å²) in [5.74, 6) is 0. The molecule has 1 fully saturated rings. The van der Waals surface area contributed by atoms with Crippen molar-refractivity contribution in [2.24, 2.45) is 5.73 Å². The minimum absolute atomic E-state index is 0.101. The first-order chi connectivity index (χ1) is 9.15. The molecule has 3 nitrogen and oxygen atoms in total. The van der Waals surface area contributed by atoms with E-state index < -0.39 is 0 Å². The van der Waals surface area contributed by atoms with E-state index in [2.05, 4.69) is 4.90 Å². The Labute approximate surface area is 124 Å². The zero-order chi connectivity index (χ0) is 13.8. The topological polar surface area (TPSA) is 38.5 Å². The fraction of sp³-hybridized carbons (Fsp3) is 0.571. The lowest BCUT2D eigenvalue weighted by molar-refractivity contribution is 0.0155. The van der Waals surface area contributed by atoms with Crippen LogP contribution in [0.15, 0.2) is 18.2 Å². The molecule has 1 aromatic rings. The van der Waals surface area contributed by atoms with Crippen molar-refractivity contribution >= 4 is 23.2 Å². The number of likely N-dealkylation sites (tertiary alicyclic amines) is 1. The molecule has 1 heterocycles. The van der Waals surface area contributed by atoms with E-state index in [9.17, 15) is 0 Å². The second kappa shape index (κ2) is 6.91. The molecule has 1 aliphatic rings. The quantitative estimate of drug-likeness (QED) is 0.929. The highest BCUT2D eigenvalue weighted by molar-refractivity contribution is 6.33. The fourth-order valence-electron chi connectivity index (χ4n) is 2.68. The van der Waals surface area contributed by atoms with E-state index >= 15 is 0 Å². The number of methoxy groups -OCH3 is 1. The number of halogens is 2. The molecule has 106 valence electrons. The van der Waals surface area contributed by atoms with Gasteiger partial charge in [0, 0.05) is 36.3 Å². The summed E-state index contributed by atoms with van der Waals surface area (Å²) in [7, 11) is 1.76. The second-order valence-corrected chi connectivity index (χ2v) is 5.76. The Hall–Kier alpha value is -0.320. The second-order valence-electron chi connectivity index (χ2n) is 4.91. The highest BCUT2D eigenvalue weighted by atomic mass is 35.5. The van der Waals surface area contributed by atoms with Crippen LogP contribution in [-0.4, -0.2) is 37.7 Å². The zero-order valence-electron chi connectivity index (χ0n) is 11.1. The van der Waals surface area contributed by atoms with Crippen LogP contribution in [0.2, 0.25) is 10.0 Å².